The van der Waals surface area contributed by atoms with Gasteiger partial charge in [0.1, 0.15) is 11.3 Å². The molecular weight excluding hydrogens is 444 g/mol. The molecule has 1 saturated carbocycles. The van der Waals surface area contributed by atoms with E-state index in [1.165, 1.54) is 16.7 Å². The summed E-state index contributed by atoms with van der Waals surface area (Å²) in [6.45, 7) is 1.84. The molecule has 1 atom stereocenters. The Kier molecular flexibility index (Phi) is 4.36. The molecule has 172 valence electrons. The Morgan fingerprint density at radius 1 is 1.03 bits per heavy atom. The van der Waals surface area contributed by atoms with E-state index in [1.807, 2.05) is 12.3 Å². The summed E-state index contributed by atoms with van der Waals surface area (Å²) in [5.74, 6) is 0.900. The summed E-state index contributed by atoms with van der Waals surface area (Å²) < 4.78 is 0. The van der Waals surface area contributed by atoms with Crippen molar-refractivity contribution in [2.75, 3.05) is 18.0 Å². The third-order valence-corrected chi connectivity index (χ3v) is 8.77. The number of nitrogens with zero attached hydrogens (tertiary/aromatic N) is 4. The number of hydrogen-bond acceptors (Lipinski definition) is 5. The number of benzene rings is 2. The van der Waals surface area contributed by atoms with Crippen LogP contribution in [-0.4, -0.2) is 33.3 Å². The molecule has 2 aliphatic carbocycles. The smallest absolute Gasteiger partial charge is 0.201 e. The van der Waals surface area contributed by atoms with Gasteiger partial charge in [0, 0.05) is 29.6 Å². The Morgan fingerprint density at radius 2 is 1.82 bits per heavy atom. The molecule has 3 aliphatic rings. The molecule has 0 amide bonds. The van der Waals surface area contributed by atoms with Gasteiger partial charge in [-0.3, -0.25) is 5.10 Å². The first-order valence-corrected chi connectivity index (χ1v) is 12.5. The van der Waals surface area contributed by atoms with Crippen LogP contribution >= 0.6 is 11.6 Å². The average molecular weight is 471 g/mol. The van der Waals surface area contributed by atoms with Crippen LogP contribution in [0.2, 0.25) is 5.02 Å². The average Bonchev–Trinajstić information content (AvgIpc) is 3.50. The van der Waals surface area contributed by atoms with E-state index in [9.17, 15) is 0 Å². The van der Waals surface area contributed by atoms with E-state index >= 15 is 0 Å². The standard InChI is InChI=1S/C27H27ClN6/c28-19-7-6-17-15-26(23(29)20(17)14-19)10-12-34(13-11-26)21-16-30-22-24(32-33-25(22)31-21)27(8-9-27)18-4-2-1-3-5-18/h1-7,14,16,23H,8-13,15,29H2,(H,31,32,33)/t23-/m1/s1. The summed E-state index contributed by atoms with van der Waals surface area (Å²) in [4.78, 5) is 12.1. The quantitative estimate of drug-likeness (QED) is 0.443. The first kappa shape index (κ1) is 20.4. The van der Waals surface area contributed by atoms with Crippen molar-refractivity contribution in [3.05, 3.63) is 82.1 Å². The highest BCUT2D eigenvalue weighted by Gasteiger charge is 2.49. The van der Waals surface area contributed by atoms with Crippen molar-refractivity contribution < 1.29 is 0 Å². The van der Waals surface area contributed by atoms with Gasteiger partial charge >= 0.3 is 0 Å². The van der Waals surface area contributed by atoms with Crippen LogP contribution < -0.4 is 10.6 Å². The number of H-pyrrole nitrogens is 1. The van der Waals surface area contributed by atoms with Crippen molar-refractivity contribution in [1.29, 1.82) is 0 Å². The zero-order chi connectivity index (χ0) is 22.9. The second-order valence-electron chi connectivity index (χ2n) is 10.3. The van der Waals surface area contributed by atoms with Gasteiger partial charge in [-0.05, 0) is 66.3 Å². The Morgan fingerprint density at radius 3 is 2.59 bits per heavy atom. The van der Waals surface area contributed by atoms with Crippen molar-refractivity contribution >= 4 is 28.6 Å². The molecule has 2 aromatic heterocycles. The number of aromatic amines is 1. The third kappa shape index (κ3) is 2.95. The van der Waals surface area contributed by atoms with Gasteiger partial charge in [0.25, 0.3) is 0 Å². The van der Waals surface area contributed by atoms with Crippen molar-refractivity contribution in [3.63, 3.8) is 0 Å². The number of piperidine rings is 1. The summed E-state index contributed by atoms with van der Waals surface area (Å²) in [5, 5.41) is 8.62. The van der Waals surface area contributed by atoms with Crippen LogP contribution in [0.3, 0.4) is 0 Å². The van der Waals surface area contributed by atoms with E-state index in [0.29, 0.717) is 5.65 Å². The molecule has 4 aromatic rings. The summed E-state index contributed by atoms with van der Waals surface area (Å²) in [6.07, 6.45) is 7.23. The van der Waals surface area contributed by atoms with Crippen LogP contribution in [0, 0.1) is 5.41 Å². The van der Waals surface area contributed by atoms with E-state index in [0.717, 1.165) is 67.2 Å². The van der Waals surface area contributed by atoms with E-state index in [4.69, 9.17) is 27.3 Å². The summed E-state index contributed by atoms with van der Waals surface area (Å²) in [5.41, 5.74) is 13.5. The first-order chi connectivity index (χ1) is 16.6. The lowest BCUT2D eigenvalue weighted by Crippen LogP contribution is -2.44. The molecule has 6 nitrogen and oxygen atoms in total. The lowest BCUT2D eigenvalue weighted by atomic mass is 9.73. The maximum Gasteiger partial charge on any atom is 0.201 e. The molecule has 7 rings (SSSR count). The highest BCUT2D eigenvalue weighted by Crippen LogP contribution is 2.54. The van der Waals surface area contributed by atoms with Gasteiger partial charge in [0.2, 0.25) is 5.65 Å². The van der Waals surface area contributed by atoms with E-state index < -0.39 is 0 Å². The normalized spacial score (nSPS) is 22.3. The maximum absolute atomic E-state index is 6.76. The molecule has 34 heavy (non-hydrogen) atoms. The maximum atomic E-state index is 6.76. The second-order valence-corrected chi connectivity index (χ2v) is 10.7. The van der Waals surface area contributed by atoms with Crippen molar-refractivity contribution in [2.24, 2.45) is 11.1 Å². The molecule has 3 N–H and O–H groups in total. The number of aromatic nitrogens is 4. The fourth-order valence-electron chi connectivity index (χ4n) is 6.34. The number of rotatable bonds is 3. The third-order valence-electron chi connectivity index (χ3n) is 8.54. The van der Waals surface area contributed by atoms with E-state index in [-0.39, 0.29) is 16.9 Å². The molecule has 2 aromatic carbocycles. The molecule has 7 heteroatoms. The Hall–Kier alpha value is -2.96. The first-order valence-electron chi connectivity index (χ1n) is 12.1. The Bertz CT molecular complexity index is 1390. The van der Waals surface area contributed by atoms with E-state index in [2.05, 4.69) is 57.6 Å². The summed E-state index contributed by atoms with van der Waals surface area (Å²) in [7, 11) is 0. The topological polar surface area (TPSA) is 83.7 Å². The van der Waals surface area contributed by atoms with Gasteiger partial charge in [-0.15, -0.1) is 0 Å². The van der Waals surface area contributed by atoms with Crippen LogP contribution in [-0.2, 0) is 11.8 Å². The SMILES string of the molecule is N[C@@H]1c2cc(Cl)ccc2CC12CCN(c1cnc3c(C4(c5ccccc5)CC4)[nH]nc3n1)CC2. The largest absolute Gasteiger partial charge is 0.355 e. The van der Waals surface area contributed by atoms with Gasteiger partial charge < -0.3 is 10.6 Å². The predicted molar refractivity (Wildman–Crippen MR) is 134 cm³/mol. The number of halogens is 1. The Balaban J connectivity index is 1.13. The number of nitrogens with two attached hydrogens (primary N) is 1. The molecule has 0 bridgehead atoms. The highest BCUT2D eigenvalue weighted by atomic mass is 35.5. The monoisotopic (exact) mass is 470 g/mol. The van der Waals surface area contributed by atoms with Gasteiger partial charge in [-0.2, -0.15) is 5.10 Å². The zero-order valence-corrected chi connectivity index (χ0v) is 19.7. The van der Waals surface area contributed by atoms with E-state index in [1.54, 1.807) is 0 Å². The summed E-state index contributed by atoms with van der Waals surface area (Å²) in [6, 6.07) is 16.9. The number of fused-ring (bicyclic) bond motifs is 2. The summed E-state index contributed by atoms with van der Waals surface area (Å²) >= 11 is 6.25. The molecular formula is C27H27ClN6. The lowest BCUT2D eigenvalue weighted by Gasteiger charge is -2.42. The molecule has 0 radical (unpaired) electrons. The highest BCUT2D eigenvalue weighted by molar-refractivity contribution is 6.30. The molecule has 1 spiro atoms. The molecule has 2 fully saturated rings. The fourth-order valence-corrected chi connectivity index (χ4v) is 6.52. The van der Waals surface area contributed by atoms with Gasteiger partial charge in [0.15, 0.2) is 0 Å². The second kappa shape index (κ2) is 7.27. The minimum absolute atomic E-state index is 0.000224. The van der Waals surface area contributed by atoms with Crippen LogP contribution in [0.4, 0.5) is 5.82 Å². The predicted octanol–water partition coefficient (Wildman–Crippen LogP) is 4.93. The lowest BCUT2D eigenvalue weighted by molar-refractivity contribution is 0.187. The fraction of sp³-hybridized carbons (Fsp3) is 0.370. The van der Waals surface area contributed by atoms with Gasteiger partial charge in [-0.25, -0.2) is 9.97 Å². The molecule has 1 saturated heterocycles. The Labute approximate surface area is 203 Å². The van der Waals surface area contributed by atoms with Crippen LogP contribution in [0.25, 0.3) is 11.2 Å². The van der Waals surface area contributed by atoms with Crippen LogP contribution in [0.1, 0.15) is 54.1 Å². The zero-order valence-electron chi connectivity index (χ0n) is 19.0. The van der Waals surface area contributed by atoms with Crippen LogP contribution in [0.15, 0.2) is 54.7 Å². The van der Waals surface area contributed by atoms with Crippen molar-refractivity contribution in [1.82, 2.24) is 20.2 Å². The molecule has 3 heterocycles. The van der Waals surface area contributed by atoms with Crippen LogP contribution in [0.5, 0.6) is 0 Å². The van der Waals surface area contributed by atoms with Crippen molar-refractivity contribution in [2.45, 2.75) is 43.6 Å². The molecule has 1 aliphatic heterocycles. The number of nitrogens with one attached hydrogen (secondary N) is 1. The van der Waals surface area contributed by atoms with Gasteiger partial charge in [-0.1, -0.05) is 48.0 Å². The number of anilines is 1. The van der Waals surface area contributed by atoms with Crippen molar-refractivity contribution in [3.8, 4) is 0 Å². The minimum atomic E-state index is 0.000224. The minimum Gasteiger partial charge on any atom is -0.355 e. The molecule has 0 unspecified atom stereocenters. The number of hydrogen-bond donors (Lipinski definition) is 2. The van der Waals surface area contributed by atoms with Gasteiger partial charge in [0.05, 0.1) is 11.9 Å².